The minimum absolute atomic E-state index is 0.112. The van der Waals surface area contributed by atoms with E-state index in [2.05, 4.69) is 25.1 Å². The number of anilines is 2. The molecule has 43 heavy (non-hydrogen) atoms. The van der Waals surface area contributed by atoms with Gasteiger partial charge in [0.1, 0.15) is 4.21 Å². The number of hydrogen-bond acceptors (Lipinski definition) is 13. The van der Waals surface area contributed by atoms with Gasteiger partial charge in [-0.1, -0.05) is 12.1 Å². The van der Waals surface area contributed by atoms with Crippen LogP contribution in [0, 0.1) is 0 Å². The molecular formula is C26H26N10O5S2. The number of nitrogens with zero attached hydrogens (tertiary/aromatic N) is 8. The van der Waals surface area contributed by atoms with Crippen molar-refractivity contribution in [3.8, 4) is 11.4 Å². The second-order valence-electron chi connectivity index (χ2n) is 9.99. The average Bonchev–Trinajstić information content (AvgIpc) is 3.72. The summed E-state index contributed by atoms with van der Waals surface area (Å²) in [6, 6.07) is 7.41. The highest BCUT2D eigenvalue weighted by Crippen LogP contribution is 2.38. The Morgan fingerprint density at radius 1 is 1.00 bits per heavy atom. The molecule has 222 valence electrons. The molecular weight excluding hydrogens is 596 g/mol. The number of hydrogen-bond donors (Lipinski definition) is 3. The van der Waals surface area contributed by atoms with Gasteiger partial charge in [-0.3, -0.25) is 15.1 Å². The Morgan fingerprint density at radius 2 is 1.77 bits per heavy atom. The number of carbonyl (C=O) groups is 1. The molecule has 15 nitrogen and oxygen atoms in total. The third-order valence-electron chi connectivity index (χ3n) is 7.48. The van der Waals surface area contributed by atoms with Crippen LogP contribution in [0.1, 0.15) is 10.4 Å². The van der Waals surface area contributed by atoms with Gasteiger partial charge in [-0.15, -0.1) is 11.3 Å². The number of amides is 1. The van der Waals surface area contributed by atoms with E-state index in [4.69, 9.17) is 19.9 Å². The highest BCUT2D eigenvalue weighted by Gasteiger charge is 2.32. The fraction of sp³-hybridized carbons (Fsp3) is 0.308. The maximum Gasteiger partial charge on any atom is 0.277 e. The summed E-state index contributed by atoms with van der Waals surface area (Å²) < 4.78 is 35.6. The van der Waals surface area contributed by atoms with Crippen molar-refractivity contribution < 1.29 is 23.2 Å². The molecule has 1 aromatic carbocycles. The normalized spacial score (nSPS) is 16.7. The van der Waals surface area contributed by atoms with Crippen molar-refractivity contribution in [2.24, 2.45) is 0 Å². The van der Waals surface area contributed by atoms with Crippen LogP contribution in [-0.2, 0) is 14.8 Å². The number of H-pyrrole nitrogens is 1. The van der Waals surface area contributed by atoms with Gasteiger partial charge in [-0.05, 0) is 12.1 Å². The minimum Gasteiger partial charge on any atom is -0.378 e. The Kier molecular flexibility index (Phi) is 7.10. The number of fused-ring (bicyclic) bond motifs is 2. The number of piperazine rings is 1. The number of nitrogens with one attached hydrogen (secondary N) is 2. The van der Waals surface area contributed by atoms with Gasteiger partial charge in [0.05, 0.1) is 40.7 Å². The molecule has 3 N–H and O–H groups in total. The summed E-state index contributed by atoms with van der Waals surface area (Å²) in [5.41, 5.74) is 3.89. The van der Waals surface area contributed by atoms with Crippen LogP contribution in [0.3, 0.4) is 0 Å². The highest BCUT2D eigenvalue weighted by molar-refractivity contribution is 7.91. The average molecular weight is 623 g/mol. The van der Waals surface area contributed by atoms with E-state index in [9.17, 15) is 13.2 Å². The Bertz CT molecular complexity index is 1910. The summed E-state index contributed by atoms with van der Waals surface area (Å²) in [7, 11) is -3.82. The van der Waals surface area contributed by atoms with Crippen LogP contribution >= 0.6 is 11.3 Å². The molecule has 2 saturated heterocycles. The molecule has 0 saturated carbocycles. The van der Waals surface area contributed by atoms with Gasteiger partial charge in [0.2, 0.25) is 5.95 Å². The molecule has 5 aromatic rings. The number of benzene rings is 1. The molecule has 0 bridgehead atoms. The summed E-state index contributed by atoms with van der Waals surface area (Å²) in [6.07, 6.45) is 4.35. The zero-order valence-electron chi connectivity index (χ0n) is 22.7. The first-order valence-corrected chi connectivity index (χ1v) is 15.8. The maximum absolute atomic E-state index is 13.9. The number of hydroxylamine groups is 1. The Morgan fingerprint density at radius 3 is 2.51 bits per heavy atom. The fourth-order valence-electron chi connectivity index (χ4n) is 5.22. The quantitative estimate of drug-likeness (QED) is 0.184. The van der Waals surface area contributed by atoms with Crippen LogP contribution in [0.4, 0.5) is 11.8 Å². The summed E-state index contributed by atoms with van der Waals surface area (Å²) >= 11 is 1.18. The number of morpholine rings is 1. The van der Waals surface area contributed by atoms with Crippen molar-refractivity contribution in [1.82, 2.24) is 39.9 Å². The lowest BCUT2D eigenvalue weighted by molar-refractivity contribution is 0.0705. The minimum atomic E-state index is -3.82. The van der Waals surface area contributed by atoms with E-state index < -0.39 is 15.9 Å². The molecule has 1 amide bonds. The number of rotatable bonds is 6. The number of sulfonamides is 1. The number of carbonyl (C=O) groups excluding carboxylic acids is 1. The molecule has 0 radical (unpaired) electrons. The van der Waals surface area contributed by atoms with Crippen LogP contribution in [0.5, 0.6) is 0 Å². The third kappa shape index (κ3) is 5.04. The van der Waals surface area contributed by atoms with E-state index in [1.807, 2.05) is 23.1 Å². The number of aromatic amines is 1. The molecule has 7 rings (SSSR count). The van der Waals surface area contributed by atoms with E-state index in [-0.39, 0.29) is 22.9 Å². The van der Waals surface area contributed by atoms with E-state index in [0.29, 0.717) is 67.2 Å². The molecule has 4 aromatic heterocycles. The predicted octanol–water partition coefficient (Wildman–Crippen LogP) is 1.49. The zero-order valence-corrected chi connectivity index (χ0v) is 24.3. The van der Waals surface area contributed by atoms with E-state index >= 15 is 0 Å². The van der Waals surface area contributed by atoms with Crippen LogP contribution < -0.4 is 15.3 Å². The fourth-order valence-corrected chi connectivity index (χ4v) is 8.21. The van der Waals surface area contributed by atoms with Crippen LogP contribution in [0.2, 0.25) is 0 Å². The third-order valence-corrected chi connectivity index (χ3v) is 11.0. The van der Waals surface area contributed by atoms with Crippen molar-refractivity contribution in [1.29, 1.82) is 0 Å². The Hall–Kier alpha value is -4.29. The number of thiophene rings is 1. The van der Waals surface area contributed by atoms with Gasteiger partial charge in [-0.2, -0.15) is 9.40 Å². The lowest BCUT2D eigenvalue weighted by atomic mass is 10.1. The largest absolute Gasteiger partial charge is 0.378 e. The first-order chi connectivity index (χ1) is 20.9. The van der Waals surface area contributed by atoms with Crippen LogP contribution in [0.15, 0.2) is 47.1 Å². The summed E-state index contributed by atoms with van der Waals surface area (Å²) in [6.45, 7) is 3.58. The molecule has 0 unspecified atom stereocenters. The summed E-state index contributed by atoms with van der Waals surface area (Å²) in [4.78, 5) is 33.7. The highest BCUT2D eigenvalue weighted by atomic mass is 32.2. The number of aromatic nitrogens is 6. The first-order valence-electron chi connectivity index (χ1n) is 13.5. The number of ether oxygens (including phenoxy) is 1. The molecule has 0 spiro atoms. The van der Waals surface area contributed by atoms with Gasteiger partial charge in [-0.25, -0.2) is 33.8 Å². The van der Waals surface area contributed by atoms with Gasteiger partial charge in [0, 0.05) is 62.6 Å². The predicted molar refractivity (Wildman–Crippen MR) is 158 cm³/mol. The zero-order chi connectivity index (χ0) is 29.6. The molecule has 0 atom stereocenters. The van der Waals surface area contributed by atoms with Gasteiger partial charge in [0.25, 0.3) is 15.9 Å². The molecule has 0 aliphatic carbocycles. The van der Waals surface area contributed by atoms with Crippen molar-refractivity contribution >= 4 is 60.2 Å². The molecule has 2 aliphatic heterocycles. The topological polar surface area (TPSA) is 183 Å². The second kappa shape index (κ2) is 11.1. The second-order valence-corrected chi connectivity index (χ2v) is 13.2. The molecule has 2 aliphatic rings. The molecule has 2 fully saturated rings. The lowest BCUT2D eigenvalue weighted by Crippen LogP contribution is -2.49. The Labute approximate surface area is 249 Å². The van der Waals surface area contributed by atoms with Gasteiger partial charge < -0.3 is 14.5 Å². The van der Waals surface area contributed by atoms with E-state index in [1.165, 1.54) is 28.0 Å². The standard InChI is InChI=1S/C26H26N10O5S2/c37-25(33-38)16-13-27-26(28-14-16)35-4-6-36(7-5-35)43(39,40)21-12-20-22(42-21)24(34-8-10-41-11-9-34)31-23(30-20)17-2-1-3-19-18(17)15-29-32-19/h1-3,12-15,38H,4-11H2,(H,29,32)(H,33,37). The van der Waals surface area contributed by atoms with Crippen LogP contribution in [-0.4, -0.2) is 106 Å². The van der Waals surface area contributed by atoms with E-state index in [0.717, 1.165) is 16.5 Å². The van der Waals surface area contributed by atoms with E-state index in [1.54, 1.807) is 17.7 Å². The van der Waals surface area contributed by atoms with Gasteiger partial charge in [0.15, 0.2) is 11.6 Å². The molecule has 17 heteroatoms. The monoisotopic (exact) mass is 622 g/mol. The summed E-state index contributed by atoms with van der Waals surface area (Å²) in [5, 5.41) is 16.8. The first kappa shape index (κ1) is 27.5. The SMILES string of the molecule is O=C(NO)c1cnc(N2CCN(S(=O)(=O)c3cc4nc(-c5cccc6[nH]ncc56)nc(N5CCOCC5)c4s3)CC2)nc1. The van der Waals surface area contributed by atoms with Crippen molar-refractivity contribution in [2.75, 3.05) is 62.3 Å². The summed E-state index contributed by atoms with van der Waals surface area (Å²) in [5.74, 6) is 0.853. The Balaban J connectivity index is 1.19. The maximum atomic E-state index is 13.9. The lowest BCUT2D eigenvalue weighted by Gasteiger charge is -2.33. The molecule has 6 heterocycles. The van der Waals surface area contributed by atoms with Crippen molar-refractivity contribution in [3.63, 3.8) is 0 Å². The van der Waals surface area contributed by atoms with Crippen molar-refractivity contribution in [3.05, 3.63) is 48.4 Å². The van der Waals surface area contributed by atoms with Gasteiger partial charge >= 0.3 is 0 Å². The van der Waals surface area contributed by atoms with Crippen LogP contribution in [0.25, 0.3) is 32.5 Å². The van der Waals surface area contributed by atoms with Crippen molar-refractivity contribution in [2.45, 2.75) is 4.21 Å². The smallest absolute Gasteiger partial charge is 0.277 e.